The lowest BCUT2D eigenvalue weighted by atomic mass is 10.0. The Morgan fingerprint density at radius 2 is 1.88 bits per heavy atom. The van der Waals surface area contributed by atoms with Crippen molar-refractivity contribution < 1.29 is 0 Å². The SMILES string of the molecule is Cc1cc(C#N)cc2c1c1ccccc1n2C. The van der Waals surface area contributed by atoms with E-state index in [1.807, 2.05) is 25.2 Å². The number of aromatic nitrogens is 1. The van der Waals surface area contributed by atoms with Gasteiger partial charge in [0, 0.05) is 23.3 Å². The summed E-state index contributed by atoms with van der Waals surface area (Å²) in [7, 11) is 2.05. The van der Waals surface area contributed by atoms with E-state index < -0.39 is 0 Å². The van der Waals surface area contributed by atoms with E-state index in [0.29, 0.717) is 0 Å². The van der Waals surface area contributed by atoms with Gasteiger partial charge in [-0.1, -0.05) is 18.2 Å². The molecule has 3 rings (SSSR count). The molecule has 0 atom stereocenters. The minimum Gasteiger partial charge on any atom is -0.344 e. The van der Waals surface area contributed by atoms with Crippen LogP contribution in [0.5, 0.6) is 0 Å². The third-order valence-corrected chi connectivity index (χ3v) is 3.34. The summed E-state index contributed by atoms with van der Waals surface area (Å²) in [4.78, 5) is 0. The molecule has 0 spiro atoms. The topological polar surface area (TPSA) is 28.7 Å². The average Bonchev–Trinajstić information content (AvgIpc) is 2.64. The van der Waals surface area contributed by atoms with E-state index in [4.69, 9.17) is 5.26 Å². The van der Waals surface area contributed by atoms with Crippen molar-refractivity contribution in [2.45, 2.75) is 6.92 Å². The van der Waals surface area contributed by atoms with E-state index in [9.17, 15) is 0 Å². The van der Waals surface area contributed by atoms with Gasteiger partial charge in [0.2, 0.25) is 0 Å². The summed E-state index contributed by atoms with van der Waals surface area (Å²) in [6.07, 6.45) is 0. The second kappa shape index (κ2) is 3.36. The van der Waals surface area contributed by atoms with E-state index >= 15 is 0 Å². The van der Waals surface area contributed by atoms with Gasteiger partial charge in [-0.2, -0.15) is 5.26 Å². The fraction of sp³-hybridized carbons (Fsp3) is 0.133. The number of fused-ring (bicyclic) bond motifs is 3. The molecule has 82 valence electrons. The van der Waals surface area contributed by atoms with Crippen LogP contribution in [0.1, 0.15) is 11.1 Å². The van der Waals surface area contributed by atoms with Gasteiger partial charge < -0.3 is 4.57 Å². The van der Waals surface area contributed by atoms with Gasteiger partial charge in [-0.3, -0.25) is 0 Å². The fourth-order valence-electron chi connectivity index (χ4n) is 2.56. The minimum absolute atomic E-state index is 0.723. The van der Waals surface area contributed by atoms with Crippen LogP contribution in [0.25, 0.3) is 21.8 Å². The first-order chi connectivity index (χ1) is 8.22. The Morgan fingerprint density at radius 1 is 1.12 bits per heavy atom. The van der Waals surface area contributed by atoms with Crippen LogP contribution in [0.15, 0.2) is 36.4 Å². The normalized spacial score (nSPS) is 10.9. The first kappa shape index (κ1) is 9.92. The highest BCUT2D eigenvalue weighted by Crippen LogP contribution is 2.31. The first-order valence-corrected chi connectivity index (χ1v) is 5.60. The standard InChI is InChI=1S/C15H12N2/c1-10-7-11(9-16)8-14-15(10)12-5-3-4-6-13(12)17(14)2/h3-8H,1-2H3. The highest BCUT2D eigenvalue weighted by Gasteiger charge is 2.10. The number of nitriles is 1. The molecule has 2 aromatic carbocycles. The molecule has 0 N–H and O–H groups in total. The number of hydrogen-bond acceptors (Lipinski definition) is 1. The average molecular weight is 220 g/mol. The van der Waals surface area contributed by atoms with Crippen LogP contribution in [0.3, 0.4) is 0 Å². The Hall–Kier alpha value is -2.27. The lowest BCUT2D eigenvalue weighted by Crippen LogP contribution is -1.87. The highest BCUT2D eigenvalue weighted by atomic mass is 14.9. The Bertz CT molecular complexity index is 773. The summed E-state index contributed by atoms with van der Waals surface area (Å²) in [6, 6.07) is 14.5. The maximum atomic E-state index is 9.03. The third kappa shape index (κ3) is 1.26. The molecule has 3 aromatic rings. The highest BCUT2D eigenvalue weighted by molar-refractivity contribution is 6.09. The first-order valence-electron chi connectivity index (χ1n) is 5.60. The maximum Gasteiger partial charge on any atom is 0.0992 e. The molecule has 1 aromatic heterocycles. The molecule has 0 radical (unpaired) electrons. The van der Waals surface area contributed by atoms with E-state index in [1.54, 1.807) is 0 Å². The van der Waals surface area contributed by atoms with Gasteiger partial charge in [-0.15, -0.1) is 0 Å². The lowest BCUT2D eigenvalue weighted by Gasteiger charge is -2.00. The smallest absolute Gasteiger partial charge is 0.0992 e. The van der Waals surface area contributed by atoms with E-state index in [0.717, 1.165) is 16.6 Å². The van der Waals surface area contributed by atoms with Crippen LogP contribution in [-0.4, -0.2) is 4.57 Å². The Balaban J connectivity index is 2.63. The third-order valence-electron chi connectivity index (χ3n) is 3.34. The van der Waals surface area contributed by atoms with Crippen molar-refractivity contribution in [1.82, 2.24) is 4.57 Å². The molecule has 0 bridgehead atoms. The van der Waals surface area contributed by atoms with Gasteiger partial charge in [0.25, 0.3) is 0 Å². The van der Waals surface area contributed by atoms with Crippen molar-refractivity contribution in [2.75, 3.05) is 0 Å². The van der Waals surface area contributed by atoms with Crippen molar-refractivity contribution in [2.24, 2.45) is 7.05 Å². The summed E-state index contributed by atoms with van der Waals surface area (Å²) in [5.41, 5.74) is 4.22. The van der Waals surface area contributed by atoms with Crippen LogP contribution < -0.4 is 0 Å². The van der Waals surface area contributed by atoms with Crippen LogP contribution >= 0.6 is 0 Å². The summed E-state index contributed by atoms with van der Waals surface area (Å²) in [6.45, 7) is 2.07. The molecule has 0 aliphatic rings. The molecule has 2 heteroatoms. The molecule has 0 aliphatic heterocycles. The number of nitrogens with zero attached hydrogens (tertiary/aromatic N) is 2. The zero-order valence-corrected chi connectivity index (χ0v) is 9.86. The van der Waals surface area contributed by atoms with E-state index in [1.165, 1.54) is 16.3 Å². The molecule has 0 saturated carbocycles. The van der Waals surface area contributed by atoms with E-state index in [2.05, 4.69) is 35.8 Å². The molecule has 0 aliphatic carbocycles. The predicted molar refractivity (Wildman–Crippen MR) is 69.9 cm³/mol. The second-order valence-corrected chi connectivity index (χ2v) is 4.38. The number of rotatable bonds is 0. The van der Waals surface area contributed by atoms with Crippen molar-refractivity contribution in [3.8, 4) is 6.07 Å². The van der Waals surface area contributed by atoms with E-state index in [-0.39, 0.29) is 0 Å². The number of hydrogen-bond donors (Lipinski definition) is 0. The molecule has 0 amide bonds. The Kier molecular flexibility index (Phi) is 1.96. The largest absolute Gasteiger partial charge is 0.344 e. The molecule has 1 heterocycles. The van der Waals surface area contributed by atoms with Crippen LogP contribution in [-0.2, 0) is 7.05 Å². The van der Waals surface area contributed by atoms with Gasteiger partial charge in [-0.05, 0) is 30.7 Å². The maximum absolute atomic E-state index is 9.03. The molecule has 0 saturated heterocycles. The summed E-state index contributed by atoms with van der Waals surface area (Å²) in [5, 5.41) is 11.5. The van der Waals surface area contributed by atoms with Crippen LogP contribution in [0.4, 0.5) is 0 Å². The monoisotopic (exact) mass is 220 g/mol. The van der Waals surface area contributed by atoms with Gasteiger partial charge in [0.05, 0.1) is 17.1 Å². The molecular weight excluding hydrogens is 208 g/mol. The molecule has 0 fully saturated rings. The number of para-hydroxylation sites is 1. The van der Waals surface area contributed by atoms with Crippen molar-refractivity contribution in [3.05, 3.63) is 47.5 Å². The zero-order valence-electron chi connectivity index (χ0n) is 9.86. The van der Waals surface area contributed by atoms with Gasteiger partial charge >= 0.3 is 0 Å². The van der Waals surface area contributed by atoms with Crippen molar-refractivity contribution in [3.63, 3.8) is 0 Å². The lowest BCUT2D eigenvalue weighted by molar-refractivity contribution is 1.01. The number of benzene rings is 2. The molecule has 17 heavy (non-hydrogen) atoms. The van der Waals surface area contributed by atoms with Gasteiger partial charge in [0.15, 0.2) is 0 Å². The summed E-state index contributed by atoms with van der Waals surface area (Å²) >= 11 is 0. The fourth-order valence-corrected chi connectivity index (χ4v) is 2.56. The summed E-state index contributed by atoms with van der Waals surface area (Å²) < 4.78 is 2.15. The molecular formula is C15H12N2. The zero-order chi connectivity index (χ0) is 12.0. The van der Waals surface area contributed by atoms with Crippen LogP contribution in [0.2, 0.25) is 0 Å². The van der Waals surface area contributed by atoms with Crippen LogP contribution in [0, 0.1) is 18.3 Å². The number of aryl methyl sites for hydroxylation is 2. The predicted octanol–water partition coefficient (Wildman–Crippen LogP) is 3.51. The summed E-state index contributed by atoms with van der Waals surface area (Å²) in [5.74, 6) is 0. The Morgan fingerprint density at radius 3 is 2.65 bits per heavy atom. The van der Waals surface area contributed by atoms with Crippen molar-refractivity contribution in [1.29, 1.82) is 5.26 Å². The minimum atomic E-state index is 0.723. The quantitative estimate of drug-likeness (QED) is 0.570. The van der Waals surface area contributed by atoms with Gasteiger partial charge in [-0.25, -0.2) is 0 Å². The van der Waals surface area contributed by atoms with Gasteiger partial charge in [0.1, 0.15) is 0 Å². The Labute approximate surface area is 99.7 Å². The van der Waals surface area contributed by atoms with Crippen molar-refractivity contribution >= 4 is 21.8 Å². The molecule has 0 unspecified atom stereocenters. The second-order valence-electron chi connectivity index (χ2n) is 4.38. The molecule has 2 nitrogen and oxygen atoms in total.